The molecule has 0 radical (unpaired) electrons. The van der Waals surface area contributed by atoms with Crippen LogP contribution >= 0.6 is 0 Å². The lowest BCUT2D eigenvalue weighted by Gasteiger charge is -2.15. The highest BCUT2D eigenvalue weighted by atomic mass is 16.5. The van der Waals surface area contributed by atoms with E-state index in [-0.39, 0.29) is 12.5 Å². The molecule has 0 aliphatic heterocycles. The van der Waals surface area contributed by atoms with Gasteiger partial charge in [0.15, 0.2) is 17.3 Å². The SMILES string of the molecule is COCCCN(C)C(=O)c1ccc(COc2ccccc2OC)o1. The molecule has 130 valence electrons. The van der Waals surface area contributed by atoms with Gasteiger partial charge in [0.25, 0.3) is 5.91 Å². The molecule has 0 bridgehead atoms. The topological polar surface area (TPSA) is 61.1 Å². The van der Waals surface area contributed by atoms with E-state index in [1.54, 1.807) is 38.3 Å². The fraction of sp³-hybridized carbons (Fsp3) is 0.389. The molecule has 1 heterocycles. The Morgan fingerprint density at radius 3 is 2.58 bits per heavy atom. The highest BCUT2D eigenvalue weighted by Crippen LogP contribution is 2.26. The van der Waals surface area contributed by atoms with Crippen molar-refractivity contribution in [1.82, 2.24) is 4.90 Å². The van der Waals surface area contributed by atoms with E-state index in [1.807, 2.05) is 24.3 Å². The van der Waals surface area contributed by atoms with Gasteiger partial charge < -0.3 is 23.5 Å². The summed E-state index contributed by atoms with van der Waals surface area (Å²) in [6, 6.07) is 10.8. The first kappa shape index (κ1) is 17.9. The summed E-state index contributed by atoms with van der Waals surface area (Å²) in [6.07, 6.45) is 0.781. The van der Waals surface area contributed by atoms with Gasteiger partial charge in [-0.1, -0.05) is 12.1 Å². The number of methoxy groups -OCH3 is 2. The molecule has 1 aromatic carbocycles. The van der Waals surface area contributed by atoms with Crippen LogP contribution in [0.3, 0.4) is 0 Å². The molecule has 0 spiro atoms. The number of rotatable bonds is 9. The Morgan fingerprint density at radius 2 is 1.88 bits per heavy atom. The first-order valence-corrected chi connectivity index (χ1v) is 7.74. The number of para-hydroxylation sites is 2. The minimum absolute atomic E-state index is 0.158. The van der Waals surface area contributed by atoms with Crippen LogP contribution < -0.4 is 9.47 Å². The van der Waals surface area contributed by atoms with Crippen molar-refractivity contribution in [3.8, 4) is 11.5 Å². The molecule has 2 rings (SSSR count). The maximum absolute atomic E-state index is 12.3. The Labute approximate surface area is 141 Å². The Morgan fingerprint density at radius 1 is 1.12 bits per heavy atom. The minimum Gasteiger partial charge on any atom is -0.493 e. The maximum Gasteiger partial charge on any atom is 0.289 e. The Kier molecular flexibility index (Phi) is 6.69. The summed E-state index contributed by atoms with van der Waals surface area (Å²) in [5.41, 5.74) is 0. The predicted octanol–water partition coefficient (Wildman–Crippen LogP) is 2.98. The van der Waals surface area contributed by atoms with Crippen molar-refractivity contribution in [2.24, 2.45) is 0 Å². The summed E-state index contributed by atoms with van der Waals surface area (Å²) in [5, 5.41) is 0. The van der Waals surface area contributed by atoms with E-state index >= 15 is 0 Å². The molecule has 0 N–H and O–H groups in total. The van der Waals surface area contributed by atoms with Crippen LogP contribution in [0.4, 0.5) is 0 Å². The van der Waals surface area contributed by atoms with E-state index in [9.17, 15) is 4.79 Å². The molecule has 6 heteroatoms. The standard InChI is InChI=1S/C18H23NO5/c1-19(11-6-12-21-2)18(20)17-10-9-14(24-17)13-23-16-8-5-4-7-15(16)22-3/h4-5,7-10H,6,11-13H2,1-3H3. The number of amides is 1. The van der Waals surface area contributed by atoms with Crippen molar-refractivity contribution in [3.05, 3.63) is 47.9 Å². The van der Waals surface area contributed by atoms with Gasteiger partial charge in [-0.2, -0.15) is 0 Å². The second-order valence-electron chi connectivity index (χ2n) is 5.28. The van der Waals surface area contributed by atoms with E-state index in [0.29, 0.717) is 36.2 Å². The van der Waals surface area contributed by atoms with Crippen LogP contribution in [-0.2, 0) is 11.3 Å². The quantitative estimate of drug-likeness (QED) is 0.660. The number of carbonyl (C=O) groups is 1. The van der Waals surface area contributed by atoms with E-state index in [0.717, 1.165) is 6.42 Å². The fourth-order valence-corrected chi connectivity index (χ4v) is 2.19. The molecule has 0 aliphatic carbocycles. The highest BCUT2D eigenvalue weighted by molar-refractivity contribution is 5.91. The molecule has 24 heavy (non-hydrogen) atoms. The van der Waals surface area contributed by atoms with Gasteiger partial charge in [-0.25, -0.2) is 0 Å². The van der Waals surface area contributed by atoms with E-state index in [2.05, 4.69) is 0 Å². The minimum atomic E-state index is -0.158. The van der Waals surface area contributed by atoms with Gasteiger partial charge in [0.05, 0.1) is 7.11 Å². The monoisotopic (exact) mass is 333 g/mol. The lowest BCUT2D eigenvalue weighted by molar-refractivity contribution is 0.0744. The zero-order valence-corrected chi connectivity index (χ0v) is 14.3. The van der Waals surface area contributed by atoms with E-state index in [4.69, 9.17) is 18.6 Å². The van der Waals surface area contributed by atoms with Crippen LogP contribution in [0.5, 0.6) is 11.5 Å². The highest BCUT2D eigenvalue weighted by Gasteiger charge is 2.16. The van der Waals surface area contributed by atoms with Gasteiger partial charge in [-0.15, -0.1) is 0 Å². The van der Waals surface area contributed by atoms with Gasteiger partial charge in [0, 0.05) is 27.3 Å². The third kappa shape index (κ3) is 4.76. The van der Waals surface area contributed by atoms with Crippen molar-refractivity contribution in [2.75, 3.05) is 34.4 Å². The largest absolute Gasteiger partial charge is 0.493 e. The number of hydrogen-bond acceptors (Lipinski definition) is 5. The molecule has 0 saturated heterocycles. The Hall–Kier alpha value is -2.47. The average molecular weight is 333 g/mol. The maximum atomic E-state index is 12.3. The molecular formula is C18H23NO5. The summed E-state index contributed by atoms with van der Waals surface area (Å²) < 4.78 is 21.5. The molecule has 0 fully saturated rings. The third-order valence-corrected chi connectivity index (χ3v) is 3.50. The van der Waals surface area contributed by atoms with Crippen molar-refractivity contribution >= 4 is 5.91 Å². The Bertz CT molecular complexity index is 652. The van der Waals surface area contributed by atoms with Crippen molar-refractivity contribution in [3.63, 3.8) is 0 Å². The van der Waals surface area contributed by atoms with Crippen molar-refractivity contribution < 1.29 is 23.4 Å². The van der Waals surface area contributed by atoms with Gasteiger partial charge in [-0.05, 0) is 30.7 Å². The molecule has 0 atom stereocenters. The third-order valence-electron chi connectivity index (χ3n) is 3.50. The smallest absolute Gasteiger partial charge is 0.289 e. The van der Waals surface area contributed by atoms with Crippen LogP contribution in [-0.4, -0.2) is 45.2 Å². The first-order valence-electron chi connectivity index (χ1n) is 7.74. The summed E-state index contributed by atoms with van der Waals surface area (Å²) >= 11 is 0. The molecule has 6 nitrogen and oxygen atoms in total. The number of ether oxygens (including phenoxy) is 3. The molecule has 1 amide bonds. The van der Waals surface area contributed by atoms with Gasteiger partial charge in [-0.3, -0.25) is 4.79 Å². The summed E-state index contributed by atoms with van der Waals surface area (Å²) in [7, 11) is 4.97. The van der Waals surface area contributed by atoms with Crippen LogP contribution in [0.2, 0.25) is 0 Å². The Balaban J connectivity index is 1.91. The second kappa shape index (κ2) is 8.98. The summed E-state index contributed by atoms with van der Waals surface area (Å²) in [4.78, 5) is 13.9. The lowest BCUT2D eigenvalue weighted by atomic mass is 10.3. The number of benzene rings is 1. The second-order valence-corrected chi connectivity index (χ2v) is 5.28. The van der Waals surface area contributed by atoms with Crippen molar-refractivity contribution in [2.45, 2.75) is 13.0 Å². The summed E-state index contributed by atoms with van der Waals surface area (Å²) in [6.45, 7) is 1.45. The van der Waals surface area contributed by atoms with Gasteiger partial charge in [0.1, 0.15) is 12.4 Å². The zero-order chi connectivity index (χ0) is 17.4. The van der Waals surface area contributed by atoms with Crippen LogP contribution in [0.1, 0.15) is 22.7 Å². The number of furan rings is 1. The van der Waals surface area contributed by atoms with E-state index in [1.165, 1.54) is 0 Å². The zero-order valence-electron chi connectivity index (χ0n) is 14.3. The molecule has 1 aromatic heterocycles. The van der Waals surface area contributed by atoms with Gasteiger partial charge in [0.2, 0.25) is 0 Å². The van der Waals surface area contributed by atoms with E-state index < -0.39 is 0 Å². The molecule has 2 aromatic rings. The normalized spacial score (nSPS) is 10.5. The fourth-order valence-electron chi connectivity index (χ4n) is 2.19. The molecular weight excluding hydrogens is 310 g/mol. The first-order chi connectivity index (χ1) is 11.7. The van der Waals surface area contributed by atoms with Crippen LogP contribution in [0.25, 0.3) is 0 Å². The molecule has 0 saturated carbocycles. The number of nitrogens with zero attached hydrogens (tertiary/aromatic N) is 1. The van der Waals surface area contributed by atoms with Crippen LogP contribution in [0.15, 0.2) is 40.8 Å². The number of carbonyl (C=O) groups excluding carboxylic acids is 1. The molecule has 0 aliphatic rings. The number of hydrogen-bond donors (Lipinski definition) is 0. The molecule has 0 unspecified atom stereocenters. The average Bonchev–Trinajstić information content (AvgIpc) is 3.08. The van der Waals surface area contributed by atoms with Gasteiger partial charge >= 0.3 is 0 Å². The predicted molar refractivity (Wildman–Crippen MR) is 89.5 cm³/mol. The summed E-state index contributed by atoms with van der Waals surface area (Å²) in [5.74, 6) is 2.00. The van der Waals surface area contributed by atoms with Crippen LogP contribution in [0, 0.1) is 0 Å². The van der Waals surface area contributed by atoms with Crippen molar-refractivity contribution in [1.29, 1.82) is 0 Å². The lowest BCUT2D eigenvalue weighted by Crippen LogP contribution is -2.28.